The van der Waals surface area contributed by atoms with Gasteiger partial charge in [0.25, 0.3) is 16.0 Å². The van der Waals surface area contributed by atoms with Crippen molar-refractivity contribution in [3.05, 3.63) is 12.3 Å². The number of amides is 1. The van der Waals surface area contributed by atoms with E-state index >= 15 is 0 Å². The molecule has 6 heteroatoms. The van der Waals surface area contributed by atoms with Crippen LogP contribution in [0.25, 0.3) is 0 Å². The molecule has 1 heterocycles. The Morgan fingerprint density at radius 3 is 1.85 bits per heavy atom. The van der Waals surface area contributed by atoms with Crippen LogP contribution in [0.4, 0.5) is 0 Å². The highest BCUT2D eigenvalue weighted by atomic mass is 32.2. The molecule has 1 amide bonds. The van der Waals surface area contributed by atoms with Crippen molar-refractivity contribution in [2.45, 2.75) is 20.8 Å². The second-order valence-electron chi connectivity index (χ2n) is 2.22. The minimum absolute atomic E-state index is 0. The Morgan fingerprint density at radius 1 is 1.54 bits per heavy atom. The Morgan fingerprint density at radius 2 is 1.85 bits per heavy atom. The van der Waals surface area contributed by atoms with Gasteiger partial charge in [-0.2, -0.15) is 8.42 Å². The molecule has 0 aromatic carbocycles. The number of carbonyl (C=O) groups is 1. The Bertz CT molecular complexity index is 269. The van der Waals surface area contributed by atoms with Crippen LogP contribution in [0.3, 0.4) is 0 Å². The maximum absolute atomic E-state index is 9.79. The zero-order valence-electron chi connectivity index (χ0n) is 6.70. The maximum atomic E-state index is 9.79. The van der Waals surface area contributed by atoms with E-state index in [0.717, 1.165) is 0 Å². The minimum atomic E-state index is -3.67. The molecule has 0 aromatic rings. The molecule has 1 aliphatic heterocycles. The molecule has 0 atom stereocenters. The largest absolute Gasteiger partial charge is 0.317 e. The van der Waals surface area contributed by atoms with Crippen LogP contribution in [0, 0.1) is 0 Å². The van der Waals surface area contributed by atoms with Gasteiger partial charge in [0, 0.05) is 0 Å². The van der Waals surface area contributed by atoms with Crippen LogP contribution in [0.2, 0.25) is 0 Å². The molecular formula is C7H15NO4S. The molecule has 1 rings (SSSR count). The van der Waals surface area contributed by atoms with Crippen LogP contribution in [0.5, 0.6) is 0 Å². The highest BCUT2D eigenvalue weighted by Crippen LogP contribution is 1.96. The van der Waals surface area contributed by atoms with Gasteiger partial charge in [-0.15, -0.1) is 0 Å². The molecule has 1 fully saturated rings. The van der Waals surface area contributed by atoms with Crippen molar-refractivity contribution in [1.29, 1.82) is 0 Å². The van der Waals surface area contributed by atoms with Crippen molar-refractivity contribution in [3.8, 4) is 0 Å². The number of hydrogen-bond acceptors (Lipinski definition) is 3. The number of hydrogen-bond donors (Lipinski definition) is 2. The molecule has 0 bridgehead atoms. The molecule has 13 heavy (non-hydrogen) atoms. The molecule has 0 spiro atoms. The summed E-state index contributed by atoms with van der Waals surface area (Å²) in [5.74, 6) is -0.155. The lowest BCUT2D eigenvalue weighted by Gasteiger charge is -1.85. The van der Waals surface area contributed by atoms with Crippen molar-refractivity contribution in [3.63, 3.8) is 0 Å². The van der Waals surface area contributed by atoms with E-state index in [1.54, 1.807) is 6.92 Å². The van der Waals surface area contributed by atoms with Crippen LogP contribution in [0.1, 0.15) is 20.8 Å². The summed E-state index contributed by atoms with van der Waals surface area (Å²) in [6.07, 6.45) is 0.471. The number of nitrogens with one attached hydrogen (secondary N) is 1. The topological polar surface area (TPSA) is 93.4 Å². The molecule has 0 saturated carbocycles. The summed E-state index contributed by atoms with van der Waals surface area (Å²) >= 11 is 0. The first kappa shape index (κ1) is 14.6. The van der Waals surface area contributed by atoms with Gasteiger partial charge in [0.1, 0.15) is 0 Å². The Hall–Kier alpha value is -0.880. The second kappa shape index (κ2) is 5.71. The van der Waals surface area contributed by atoms with Gasteiger partial charge in [-0.1, -0.05) is 20.9 Å². The Kier molecular flexibility index (Phi) is 6.43. The lowest BCUT2D eigenvalue weighted by molar-refractivity contribution is -0.109. The van der Waals surface area contributed by atoms with Crippen molar-refractivity contribution in [2.24, 2.45) is 0 Å². The van der Waals surface area contributed by atoms with E-state index < -0.39 is 10.1 Å². The monoisotopic (exact) mass is 209 g/mol. The zero-order chi connectivity index (χ0) is 9.78. The Labute approximate surface area is 78.6 Å². The molecule has 1 aliphatic rings. The average Bonchev–Trinajstić information content (AvgIpc) is 2.43. The number of rotatable bonds is 2. The lowest BCUT2D eigenvalue weighted by Crippen LogP contribution is -2.01. The molecule has 0 aliphatic carbocycles. The molecule has 0 unspecified atom stereocenters. The first-order chi connectivity index (χ1) is 5.37. The van der Waals surface area contributed by atoms with E-state index in [1.165, 1.54) is 0 Å². The highest BCUT2D eigenvalue weighted by Gasteiger charge is 2.20. The first-order valence-electron chi connectivity index (χ1n) is 3.32. The molecule has 0 aromatic heterocycles. The van der Waals surface area contributed by atoms with E-state index in [9.17, 15) is 13.2 Å². The third-order valence-electron chi connectivity index (χ3n) is 0.938. The van der Waals surface area contributed by atoms with Gasteiger partial charge in [-0.05, 0) is 6.42 Å². The third kappa shape index (κ3) is 11.1. The van der Waals surface area contributed by atoms with Gasteiger partial charge < -0.3 is 5.32 Å². The fourth-order valence-corrected chi connectivity index (χ4v) is 0.880. The van der Waals surface area contributed by atoms with Crippen molar-refractivity contribution < 1.29 is 17.8 Å². The molecule has 0 radical (unpaired) electrons. The summed E-state index contributed by atoms with van der Waals surface area (Å²) in [6, 6.07) is 0. The van der Waals surface area contributed by atoms with E-state index in [0.29, 0.717) is 12.1 Å². The van der Waals surface area contributed by atoms with Crippen molar-refractivity contribution >= 4 is 16.0 Å². The van der Waals surface area contributed by atoms with Crippen LogP contribution in [-0.4, -0.2) is 24.6 Å². The summed E-state index contributed by atoms with van der Waals surface area (Å²) in [4.78, 5) is 9.68. The van der Waals surface area contributed by atoms with Crippen molar-refractivity contribution in [2.75, 3.05) is 5.75 Å². The van der Waals surface area contributed by atoms with Crippen LogP contribution < -0.4 is 5.32 Å². The predicted molar refractivity (Wildman–Crippen MR) is 50.7 cm³/mol. The summed E-state index contributed by atoms with van der Waals surface area (Å²) in [7, 11) is -3.67. The number of carbonyl (C=O) groups excluding carboxylic acids is 1. The first-order valence-corrected chi connectivity index (χ1v) is 4.93. The van der Waals surface area contributed by atoms with Crippen molar-refractivity contribution in [1.82, 2.24) is 5.32 Å². The van der Waals surface area contributed by atoms with Gasteiger partial charge in [0.05, 0.1) is 11.4 Å². The SMILES string of the molecule is C.C=C1NC1=O.CCCS(=O)(=O)O. The quantitative estimate of drug-likeness (QED) is 0.394. The summed E-state index contributed by atoms with van der Waals surface area (Å²) in [5, 5.41) is 2.36. The highest BCUT2D eigenvalue weighted by molar-refractivity contribution is 7.85. The summed E-state index contributed by atoms with van der Waals surface area (Å²) in [5.41, 5.74) is 0.532. The van der Waals surface area contributed by atoms with Gasteiger partial charge in [0.2, 0.25) is 0 Å². The minimum Gasteiger partial charge on any atom is -0.317 e. The van der Waals surface area contributed by atoms with Crippen LogP contribution in [0.15, 0.2) is 12.3 Å². The average molecular weight is 209 g/mol. The molecule has 2 N–H and O–H groups in total. The smallest absolute Gasteiger partial charge is 0.271 e. The zero-order valence-corrected chi connectivity index (χ0v) is 7.52. The standard InChI is InChI=1S/C3H3NO.C3H8O3S.CH4/c1-2-3(5)4-2;1-2-3-7(4,5)6;/h1H2,(H,4,5);2-3H2,1H3,(H,4,5,6);1H4. The maximum Gasteiger partial charge on any atom is 0.271 e. The Balaban J connectivity index is 0. The molecule has 1 saturated heterocycles. The molecule has 5 nitrogen and oxygen atoms in total. The van der Waals surface area contributed by atoms with E-state index in [2.05, 4.69) is 11.9 Å². The van der Waals surface area contributed by atoms with Crippen LogP contribution in [-0.2, 0) is 14.9 Å². The van der Waals surface area contributed by atoms with E-state index in [-0.39, 0.29) is 19.1 Å². The fourth-order valence-electron chi connectivity index (χ4n) is 0.364. The summed E-state index contributed by atoms with van der Waals surface area (Å²) < 4.78 is 27.6. The molecule has 78 valence electrons. The van der Waals surface area contributed by atoms with Gasteiger partial charge >= 0.3 is 0 Å². The predicted octanol–water partition coefficient (Wildman–Crippen LogP) is 0.550. The normalized spacial score (nSPS) is 13.4. The second-order valence-corrected chi connectivity index (χ2v) is 3.79. The van der Waals surface area contributed by atoms with E-state index in [1.807, 2.05) is 0 Å². The van der Waals surface area contributed by atoms with Gasteiger partial charge in [-0.3, -0.25) is 9.35 Å². The molecular weight excluding hydrogens is 194 g/mol. The van der Waals surface area contributed by atoms with Gasteiger partial charge in [0.15, 0.2) is 0 Å². The van der Waals surface area contributed by atoms with Gasteiger partial charge in [-0.25, -0.2) is 0 Å². The lowest BCUT2D eigenvalue weighted by atomic mass is 10.6. The van der Waals surface area contributed by atoms with Crippen LogP contribution >= 0.6 is 0 Å². The third-order valence-corrected chi connectivity index (χ3v) is 1.86. The fraction of sp³-hybridized carbons (Fsp3) is 0.571. The summed E-state index contributed by atoms with van der Waals surface area (Å²) in [6.45, 7) is 4.98. The van der Waals surface area contributed by atoms with E-state index in [4.69, 9.17) is 4.55 Å².